The number of nitrogens with one attached hydrogen (secondary N) is 1. The molecule has 2 atom stereocenters. The molecular weight excluding hydrogens is 278 g/mol. The molecule has 2 unspecified atom stereocenters. The van der Waals surface area contributed by atoms with Gasteiger partial charge in [-0.25, -0.2) is 10.8 Å². The molecule has 0 aliphatic heterocycles. The monoisotopic (exact) mass is 297 g/mol. The molecular formula is C12H19N5O4. The average molecular weight is 297 g/mol. The third-order valence-corrected chi connectivity index (χ3v) is 3.53. The number of rotatable bonds is 5. The summed E-state index contributed by atoms with van der Waals surface area (Å²) in [4.78, 5) is 18.5. The summed E-state index contributed by atoms with van der Waals surface area (Å²) in [5.74, 6) is 5.31. The molecule has 1 saturated carbocycles. The minimum Gasteiger partial charge on any atom is -0.469 e. The Bertz CT molecular complexity index is 525. The smallest absolute Gasteiger partial charge is 0.352 e. The second-order valence-electron chi connectivity index (χ2n) is 4.95. The number of nitro groups is 1. The SMILES string of the molecule is COC1CCCC(Oc2nc(NN)nc(C)c2[N+](=O)[O-])C1. The van der Waals surface area contributed by atoms with E-state index in [0.717, 1.165) is 19.3 Å². The van der Waals surface area contributed by atoms with Gasteiger partial charge >= 0.3 is 5.69 Å². The number of ether oxygens (including phenoxy) is 2. The number of anilines is 1. The largest absolute Gasteiger partial charge is 0.469 e. The standard InChI is InChI=1S/C12H19N5O4/c1-7-10(17(18)19)11(15-12(14-7)16-13)21-9-5-3-4-8(6-9)20-2/h8-9H,3-6,13H2,1-2H3,(H,14,15,16). The van der Waals surface area contributed by atoms with E-state index < -0.39 is 4.92 Å². The van der Waals surface area contributed by atoms with Gasteiger partial charge in [-0.2, -0.15) is 4.98 Å². The third-order valence-electron chi connectivity index (χ3n) is 3.53. The van der Waals surface area contributed by atoms with Crippen LogP contribution in [0.4, 0.5) is 11.6 Å². The van der Waals surface area contributed by atoms with Gasteiger partial charge in [-0.15, -0.1) is 0 Å². The molecule has 9 heteroatoms. The lowest BCUT2D eigenvalue weighted by atomic mass is 9.95. The van der Waals surface area contributed by atoms with Crippen LogP contribution in [0.3, 0.4) is 0 Å². The summed E-state index contributed by atoms with van der Waals surface area (Å²) in [5.41, 5.74) is 2.26. The molecule has 1 aliphatic carbocycles. The predicted molar refractivity (Wildman–Crippen MR) is 74.9 cm³/mol. The first-order chi connectivity index (χ1) is 10.0. The van der Waals surface area contributed by atoms with Crippen molar-refractivity contribution in [1.29, 1.82) is 0 Å². The van der Waals surface area contributed by atoms with E-state index in [-0.39, 0.29) is 35.4 Å². The Morgan fingerprint density at radius 1 is 1.38 bits per heavy atom. The fourth-order valence-electron chi connectivity index (χ4n) is 2.48. The molecule has 116 valence electrons. The maximum atomic E-state index is 11.2. The van der Waals surface area contributed by atoms with Crippen LogP contribution in [0.2, 0.25) is 0 Å². The molecule has 1 aromatic rings. The highest BCUT2D eigenvalue weighted by Crippen LogP contribution is 2.32. The van der Waals surface area contributed by atoms with Crippen LogP contribution in [0.5, 0.6) is 5.88 Å². The second kappa shape index (κ2) is 6.64. The van der Waals surface area contributed by atoms with Crippen molar-refractivity contribution >= 4 is 11.6 Å². The molecule has 0 spiro atoms. The number of nitrogens with two attached hydrogens (primary N) is 1. The first-order valence-electron chi connectivity index (χ1n) is 6.74. The summed E-state index contributed by atoms with van der Waals surface area (Å²) in [5, 5.41) is 11.2. The fourth-order valence-corrected chi connectivity index (χ4v) is 2.48. The van der Waals surface area contributed by atoms with Crippen molar-refractivity contribution in [2.75, 3.05) is 12.5 Å². The van der Waals surface area contributed by atoms with Crippen LogP contribution in [0, 0.1) is 17.0 Å². The quantitative estimate of drug-likeness (QED) is 0.473. The number of hydrazine groups is 1. The summed E-state index contributed by atoms with van der Waals surface area (Å²) in [6, 6.07) is 0. The second-order valence-corrected chi connectivity index (χ2v) is 4.95. The zero-order valence-electron chi connectivity index (χ0n) is 12.0. The lowest BCUT2D eigenvalue weighted by molar-refractivity contribution is -0.387. The molecule has 1 fully saturated rings. The Kier molecular flexibility index (Phi) is 4.86. The van der Waals surface area contributed by atoms with Crippen LogP contribution in [-0.2, 0) is 4.74 Å². The molecule has 3 N–H and O–H groups in total. The van der Waals surface area contributed by atoms with Gasteiger partial charge in [0.1, 0.15) is 11.8 Å². The number of hydrogen-bond donors (Lipinski definition) is 2. The van der Waals surface area contributed by atoms with Crippen LogP contribution in [0.15, 0.2) is 0 Å². The van der Waals surface area contributed by atoms with Gasteiger partial charge in [-0.3, -0.25) is 15.5 Å². The van der Waals surface area contributed by atoms with Crippen LogP contribution < -0.4 is 16.0 Å². The number of hydrogen-bond acceptors (Lipinski definition) is 8. The molecule has 1 aromatic heterocycles. The Morgan fingerprint density at radius 3 is 2.71 bits per heavy atom. The van der Waals surface area contributed by atoms with Crippen molar-refractivity contribution in [2.45, 2.75) is 44.8 Å². The van der Waals surface area contributed by atoms with Gasteiger partial charge in [0.25, 0.3) is 5.88 Å². The van der Waals surface area contributed by atoms with E-state index in [9.17, 15) is 10.1 Å². The van der Waals surface area contributed by atoms with E-state index in [1.807, 2.05) is 0 Å². The Labute approximate surface area is 122 Å². The van der Waals surface area contributed by atoms with Crippen LogP contribution in [-0.4, -0.2) is 34.2 Å². The Hall–Kier alpha value is -2.00. The van der Waals surface area contributed by atoms with Gasteiger partial charge in [0.15, 0.2) is 0 Å². The predicted octanol–water partition coefficient (Wildman–Crippen LogP) is 1.32. The average Bonchev–Trinajstić information content (AvgIpc) is 2.46. The van der Waals surface area contributed by atoms with Gasteiger partial charge < -0.3 is 9.47 Å². The van der Waals surface area contributed by atoms with Crippen molar-refractivity contribution in [3.8, 4) is 5.88 Å². The van der Waals surface area contributed by atoms with Gasteiger partial charge in [0, 0.05) is 13.5 Å². The summed E-state index contributed by atoms with van der Waals surface area (Å²) < 4.78 is 11.1. The van der Waals surface area contributed by atoms with Crippen molar-refractivity contribution in [2.24, 2.45) is 5.84 Å². The molecule has 2 rings (SSSR count). The minimum absolute atomic E-state index is 0.0535. The molecule has 1 aliphatic rings. The summed E-state index contributed by atoms with van der Waals surface area (Å²) >= 11 is 0. The summed E-state index contributed by atoms with van der Waals surface area (Å²) in [6.45, 7) is 1.52. The topological polar surface area (TPSA) is 125 Å². The van der Waals surface area contributed by atoms with Gasteiger partial charge in [0.05, 0.1) is 11.0 Å². The van der Waals surface area contributed by atoms with Crippen LogP contribution in [0.1, 0.15) is 31.4 Å². The van der Waals surface area contributed by atoms with E-state index in [1.165, 1.54) is 6.92 Å². The molecule has 0 aromatic carbocycles. The van der Waals surface area contributed by atoms with E-state index in [2.05, 4.69) is 15.4 Å². The lowest BCUT2D eigenvalue weighted by Gasteiger charge is -2.28. The van der Waals surface area contributed by atoms with E-state index in [1.54, 1.807) is 7.11 Å². The van der Waals surface area contributed by atoms with Gasteiger partial charge in [-0.1, -0.05) is 0 Å². The maximum Gasteiger partial charge on any atom is 0.352 e. The van der Waals surface area contributed by atoms with Crippen molar-refractivity contribution < 1.29 is 14.4 Å². The third kappa shape index (κ3) is 3.56. The molecule has 1 heterocycles. The number of nitrogens with zero attached hydrogens (tertiary/aromatic N) is 3. The van der Waals surface area contributed by atoms with E-state index >= 15 is 0 Å². The zero-order valence-corrected chi connectivity index (χ0v) is 12.0. The fraction of sp³-hybridized carbons (Fsp3) is 0.667. The Balaban J connectivity index is 2.25. The van der Waals surface area contributed by atoms with Crippen molar-refractivity contribution in [1.82, 2.24) is 9.97 Å². The van der Waals surface area contributed by atoms with E-state index in [4.69, 9.17) is 15.3 Å². The molecule has 0 saturated heterocycles. The molecule has 9 nitrogen and oxygen atoms in total. The first-order valence-corrected chi connectivity index (χ1v) is 6.74. The maximum absolute atomic E-state index is 11.2. The highest BCUT2D eigenvalue weighted by atomic mass is 16.6. The highest BCUT2D eigenvalue weighted by Gasteiger charge is 2.29. The number of nitrogen functional groups attached to an aromatic ring is 1. The highest BCUT2D eigenvalue weighted by molar-refractivity contribution is 5.48. The van der Waals surface area contributed by atoms with Gasteiger partial charge in [0.2, 0.25) is 5.95 Å². The number of methoxy groups -OCH3 is 1. The number of aryl methyl sites for hydroxylation is 1. The molecule has 21 heavy (non-hydrogen) atoms. The summed E-state index contributed by atoms with van der Waals surface area (Å²) in [7, 11) is 1.65. The zero-order chi connectivity index (χ0) is 15.4. The van der Waals surface area contributed by atoms with Crippen molar-refractivity contribution in [3.05, 3.63) is 15.8 Å². The molecule has 0 radical (unpaired) electrons. The lowest BCUT2D eigenvalue weighted by Crippen LogP contribution is -2.30. The molecule has 0 amide bonds. The first kappa shape index (κ1) is 15.4. The number of aromatic nitrogens is 2. The van der Waals surface area contributed by atoms with E-state index in [0.29, 0.717) is 6.42 Å². The Morgan fingerprint density at radius 2 is 2.10 bits per heavy atom. The summed E-state index contributed by atoms with van der Waals surface area (Å²) in [6.07, 6.45) is 3.35. The van der Waals surface area contributed by atoms with Crippen LogP contribution in [0.25, 0.3) is 0 Å². The minimum atomic E-state index is -0.540. The van der Waals surface area contributed by atoms with Crippen molar-refractivity contribution in [3.63, 3.8) is 0 Å². The normalized spacial score (nSPS) is 21.9. The van der Waals surface area contributed by atoms with Gasteiger partial charge in [-0.05, 0) is 26.2 Å². The molecule has 0 bridgehead atoms. The van der Waals surface area contributed by atoms with Crippen LogP contribution >= 0.6 is 0 Å².